The molecule has 4 nitrogen and oxygen atoms in total. The van der Waals surface area contributed by atoms with Crippen LogP contribution in [0.25, 0.3) is 11.1 Å². The van der Waals surface area contributed by atoms with Gasteiger partial charge < -0.3 is 4.74 Å². The molecule has 1 N–H and O–H groups in total. The van der Waals surface area contributed by atoms with Crippen LogP contribution in [0, 0.1) is 0 Å². The minimum atomic E-state index is 0.528. The van der Waals surface area contributed by atoms with E-state index in [1.54, 1.807) is 0 Å². The van der Waals surface area contributed by atoms with Crippen LogP contribution in [-0.4, -0.2) is 15.2 Å². The third-order valence-corrected chi connectivity index (χ3v) is 3.99. The number of pyridine rings is 1. The molecule has 110 valence electrons. The Labute approximate surface area is 129 Å². The highest BCUT2D eigenvalue weighted by Gasteiger charge is 2.27. The second-order valence-corrected chi connectivity index (χ2v) is 5.62. The molecular formula is C18H17N3O. The molecule has 1 aliphatic carbocycles. The Morgan fingerprint density at radius 3 is 2.73 bits per heavy atom. The number of aromatic nitrogens is 3. The molecule has 0 amide bonds. The van der Waals surface area contributed by atoms with Crippen molar-refractivity contribution in [3.05, 3.63) is 66.1 Å². The van der Waals surface area contributed by atoms with Gasteiger partial charge in [0.15, 0.2) is 0 Å². The highest BCUT2D eigenvalue weighted by molar-refractivity contribution is 5.71. The molecular weight excluding hydrogens is 274 g/mol. The van der Waals surface area contributed by atoms with Gasteiger partial charge in [0.2, 0.25) is 5.88 Å². The van der Waals surface area contributed by atoms with Crippen molar-refractivity contribution >= 4 is 0 Å². The lowest BCUT2D eigenvalue weighted by Gasteiger charge is -2.09. The molecule has 2 heterocycles. The Kier molecular flexibility index (Phi) is 3.35. The molecule has 1 aliphatic rings. The normalized spacial score (nSPS) is 14.0. The van der Waals surface area contributed by atoms with Gasteiger partial charge in [-0.15, -0.1) is 0 Å². The van der Waals surface area contributed by atoms with E-state index < -0.39 is 0 Å². The van der Waals surface area contributed by atoms with E-state index in [9.17, 15) is 0 Å². The van der Waals surface area contributed by atoms with Crippen LogP contribution < -0.4 is 4.74 Å². The number of H-pyrrole nitrogens is 1. The number of hydrogen-bond acceptors (Lipinski definition) is 3. The van der Waals surface area contributed by atoms with Crippen LogP contribution >= 0.6 is 0 Å². The Morgan fingerprint density at radius 1 is 1.05 bits per heavy atom. The summed E-state index contributed by atoms with van der Waals surface area (Å²) in [5.74, 6) is 1.36. The van der Waals surface area contributed by atoms with E-state index in [0.717, 1.165) is 17.0 Å². The van der Waals surface area contributed by atoms with E-state index in [4.69, 9.17) is 4.74 Å². The van der Waals surface area contributed by atoms with Gasteiger partial charge >= 0.3 is 0 Å². The standard InChI is InChI=1S/C18H17N3O/c1-2-4-13(5-3-1)12-22-18-17(11-20-21-18)15-8-9-19-10-16(15)14-6-7-14/h1-5,8-11,14H,6-7,12H2,(H,20,21). The predicted octanol–water partition coefficient (Wildman–Crippen LogP) is 3.93. The molecule has 0 bridgehead atoms. The maximum atomic E-state index is 5.93. The molecule has 4 rings (SSSR count). The first-order valence-corrected chi connectivity index (χ1v) is 7.56. The van der Waals surface area contributed by atoms with E-state index in [2.05, 4.69) is 27.3 Å². The van der Waals surface area contributed by atoms with Crippen molar-refractivity contribution in [1.29, 1.82) is 0 Å². The van der Waals surface area contributed by atoms with Gasteiger partial charge in [-0.05, 0) is 41.5 Å². The van der Waals surface area contributed by atoms with E-state index >= 15 is 0 Å². The number of rotatable bonds is 5. The van der Waals surface area contributed by atoms with Crippen LogP contribution in [0.3, 0.4) is 0 Å². The van der Waals surface area contributed by atoms with Crippen molar-refractivity contribution in [2.75, 3.05) is 0 Å². The third-order valence-electron chi connectivity index (χ3n) is 3.99. The Balaban J connectivity index is 1.60. The number of nitrogens with zero attached hydrogens (tertiary/aromatic N) is 2. The van der Waals surface area contributed by atoms with E-state index in [1.807, 2.05) is 42.9 Å². The highest BCUT2D eigenvalue weighted by Crippen LogP contribution is 2.45. The molecule has 1 fully saturated rings. The molecule has 1 aromatic carbocycles. The van der Waals surface area contributed by atoms with Gasteiger partial charge in [0, 0.05) is 12.4 Å². The van der Waals surface area contributed by atoms with Crippen molar-refractivity contribution in [3.8, 4) is 17.0 Å². The van der Waals surface area contributed by atoms with Crippen molar-refractivity contribution in [2.45, 2.75) is 25.4 Å². The first-order valence-electron chi connectivity index (χ1n) is 7.56. The summed E-state index contributed by atoms with van der Waals surface area (Å²) in [6.07, 6.45) is 8.13. The molecule has 2 aromatic heterocycles. The van der Waals surface area contributed by atoms with Crippen LogP contribution in [0.1, 0.15) is 29.9 Å². The SMILES string of the molecule is c1ccc(COc2[nH]ncc2-c2ccncc2C2CC2)cc1. The summed E-state index contributed by atoms with van der Waals surface area (Å²) in [6.45, 7) is 0.528. The summed E-state index contributed by atoms with van der Waals surface area (Å²) < 4.78 is 5.93. The lowest BCUT2D eigenvalue weighted by atomic mass is 10.0. The maximum absolute atomic E-state index is 5.93. The average molecular weight is 291 g/mol. The van der Waals surface area contributed by atoms with Crippen LogP contribution in [-0.2, 0) is 6.61 Å². The van der Waals surface area contributed by atoms with Gasteiger partial charge in [0.25, 0.3) is 0 Å². The smallest absolute Gasteiger partial charge is 0.217 e. The van der Waals surface area contributed by atoms with Gasteiger partial charge in [-0.1, -0.05) is 30.3 Å². The summed E-state index contributed by atoms with van der Waals surface area (Å²) in [4.78, 5) is 4.27. The first kappa shape index (κ1) is 13.1. The van der Waals surface area contributed by atoms with Crippen molar-refractivity contribution in [1.82, 2.24) is 15.2 Å². The average Bonchev–Trinajstić information content (AvgIpc) is 3.32. The summed E-state index contributed by atoms with van der Waals surface area (Å²) in [5.41, 5.74) is 4.63. The summed E-state index contributed by atoms with van der Waals surface area (Å²) in [7, 11) is 0. The Morgan fingerprint density at radius 2 is 1.91 bits per heavy atom. The van der Waals surface area contributed by atoms with Gasteiger partial charge in [0.1, 0.15) is 6.61 Å². The number of hydrogen-bond donors (Lipinski definition) is 1. The molecule has 0 unspecified atom stereocenters. The van der Waals surface area contributed by atoms with Crippen LogP contribution in [0.4, 0.5) is 0 Å². The van der Waals surface area contributed by atoms with Crippen molar-refractivity contribution in [3.63, 3.8) is 0 Å². The van der Waals surface area contributed by atoms with E-state index in [-0.39, 0.29) is 0 Å². The molecule has 3 aromatic rings. The molecule has 0 aliphatic heterocycles. The number of nitrogens with one attached hydrogen (secondary N) is 1. The minimum Gasteiger partial charge on any atom is -0.473 e. The first-order chi connectivity index (χ1) is 10.9. The zero-order valence-electron chi connectivity index (χ0n) is 12.2. The molecule has 0 spiro atoms. The zero-order valence-corrected chi connectivity index (χ0v) is 12.2. The fourth-order valence-corrected chi connectivity index (χ4v) is 2.68. The molecule has 0 atom stereocenters. The quantitative estimate of drug-likeness (QED) is 0.775. The fourth-order valence-electron chi connectivity index (χ4n) is 2.68. The maximum Gasteiger partial charge on any atom is 0.217 e. The third kappa shape index (κ3) is 2.60. The molecule has 0 saturated heterocycles. The Bertz CT molecular complexity index is 763. The summed E-state index contributed by atoms with van der Waals surface area (Å²) in [6, 6.07) is 12.2. The van der Waals surface area contributed by atoms with Crippen LogP contribution in [0.5, 0.6) is 5.88 Å². The Hall–Kier alpha value is -2.62. The van der Waals surface area contributed by atoms with Crippen LogP contribution in [0.15, 0.2) is 55.0 Å². The number of aromatic amines is 1. The molecule has 4 heteroatoms. The van der Waals surface area contributed by atoms with Gasteiger partial charge in [-0.25, -0.2) is 5.10 Å². The van der Waals surface area contributed by atoms with Crippen molar-refractivity contribution < 1.29 is 4.74 Å². The topological polar surface area (TPSA) is 50.8 Å². The predicted molar refractivity (Wildman–Crippen MR) is 84.6 cm³/mol. The molecule has 1 saturated carbocycles. The largest absolute Gasteiger partial charge is 0.473 e. The van der Waals surface area contributed by atoms with E-state index in [1.165, 1.54) is 24.0 Å². The molecule has 22 heavy (non-hydrogen) atoms. The zero-order chi connectivity index (χ0) is 14.8. The van der Waals surface area contributed by atoms with Crippen LogP contribution in [0.2, 0.25) is 0 Å². The second-order valence-electron chi connectivity index (χ2n) is 5.62. The lowest BCUT2D eigenvalue weighted by Crippen LogP contribution is -1.97. The summed E-state index contributed by atoms with van der Waals surface area (Å²) >= 11 is 0. The summed E-state index contributed by atoms with van der Waals surface area (Å²) in [5, 5.41) is 7.13. The van der Waals surface area contributed by atoms with Gasteiger partial charge in [0.05, 0.1) is 11.8 Å². The number of ether oxygens (including phenoxy) is 1. The monoisotopic (exact) mass is 291 g/mol. The second kappa shape index (κ2) is 5.64. The van der Waals surface area contributed by atoms with Gasteiger partial charge in [-0.3, -0.25) is 4.98 Å². The number of benzene rings is 1. The van der Waals surface area contributed by atoms with Crippen molar-refractivity contribution in [2.24, 2.45) is 0 Å². The highest BCUT2D eigenvalue weighted by atomic mass is 16.5. The fraction of sp³-hybridized carbons (Fsp3) is 0.222. The minimum absolute atomic E-state index is 0.528. The van der Waals surface area contributed by atoms with Gasteiger partial charge in [-0.2, -0.15) is 5.10 Å². The lowest BCUT2D eigenvalue weighted by molar-refractivity contribution is 0.294. The molecule has 0 radical (unpaired) electrons. The van der Waals surface area contributed by atoms with E-state index in [0.29, 0.717) is 12.5 Å².